The standard InChI is InChI=1S/C14H16N2O3/c1-2-13-16-10-8-9(5-6-11(10)19-13)15-14(17)12-4-3-7-18-12/h5-6,8,12H,2-4,7H2,1H3,(H,15,17)/t12-/m0/s1. The molecule has 1 N–H and O–H groups in total. The van der Waals surface area contributed by atoms with E-state index in [1.807, 2.05) is 25.1 Å². The molecule has 1 aromatic carbocycles. The lowest BCUT2D eigenvalue weighted by Gasteiger charge is -2.09. The van der Waals surface area contributed by atoms with Crippen LogP contribution in [0.4, 0.5) is 5.69 Å². The molecule has 2 heterocycles. The van der Waals surface area contributed by atoms with Crippen LogP contribution in [0.25, 0.3) is 11.1 Å². The van der Waals surface area contributed by atoms with Crippen molar-refractivity contribution in [3.63, 3.8) is 0 Å². The van der Waals surface area contributed by atoms with Crippen molar-refractivity contribution >= 4 is 22.7 Å². The Bertz CT molecular complexity index is 600. The lowest BCUT2D eigenvalue weighted by molar-refractivity contribution is -0.124. The molecule has 100 valence electrons. The monoisotopic (exact) mass is 260 g/mol. The summed E-state index contributed by atoms with van der Waals surface area (Å²) in [7, 11) is 0. The van der Waals surface area contributed by atoms with Gasteiger partial charge in [-0.05, 0) is 31.0 Å². The summed E-state index contributed by atoms with van der Waals surface area (Å²) in [6, 6.07) is 5.47. The second kappa shape index (κ2) is 5.01. The van der Waals surface area contributed by atoms with Gasteiger partial charge in [0.15, 0.2) is 11.5 Å². The second-order valence-electron chi connectivity index (χ2n) is 4.63. The summed E-state index contributed by atoms with van der Waals surface area (Å²) >= 11 is 0. The lowest BCUT2D eigenvalue weighted by atomic mass is 10.2. The fourth-order valence-electron chi connectivity index (χ4n) is 2.21. The summed E-state index contributed by atoms with van der Waals surface area (Å²) in [5, 5.41) is 2.86. The van der Waals surface area contributed by atoms with Crippen molar-refractivity contribution in [2.75, 3.05) is 11.9 Å². The van der Waals surface area contributed by atoms with Gasteiger partial charge in [-0.25, -0.2) is 4.98 Å². The summed E-state index contributed by atoms with van der Waals surface area (Å²) in [6.07, 6.45) is 2.17. The van der Waals surface area contributed by atoms with E-state index in [2.05, 4.69) is 10.3 Å². The van der Waals surface area contributed by atoms with Gasteiger partial charge in [0.05, 0.1) is 0 Å². The summed E-state index contributed by atoms with van der Waals surface area (Å²) in [5.74, 6) is 0.619. The molecular weight excluding hydrogens is 244 g/mol. The highest BCUT2D eigenvalue weighted by molar-refractivity contribution is 5.95. The molecule has 5 heteroatoms. The molecule has 1 atom stereocenters. The molecule has 3 rings (SSSR count). The highest BCUT2D eigenvalue weighted by Gasteiger charge is 2.23. The maximum Gasteiger partial charge on any atom is 0.253 e. The zero-order chi connectivity index (χ0) is 13.2. The van der Waals surface area contributed by atoms with Gasteiger partial charge in [-0.3, -0.25) is 4.79 Å². The summed E-state index contributed by atoms with van der Waals surface area (Å²) in [4.78, 5) is 16.3. The van der Waals surface area contributed by atoms with Crippen LogP contribution in [0.1, 0.15) is 25.7 Å². The Morgan fingerprint density at radius 3 is 3.16 bits per heavy atom. The van der Waals surface area contributed by atoms with Gasteiger partial charge in [0.1, 0.15) is 11.6 Å². The van der Waals surface area contributed by atoms with E-state index >= 15 is 0 Å². The van der Waals surface area contributed by atoms with Gasteiger partial charge in [-0.2, -0.15) is 0 Å². The first-order valence-electron chi connectivity index (χ1n) is 6.58. The second-order valence-corrected chi connectivity index (χ2v) is 4.63. The fourth-order valence-corrected chi connectivity index (χ4v) is 2.21. The number of nitrogens with one attached hydrogen (secondary N) is 1. The molecule has 0 aliphatic carbocycles. The van der Waals surface area contributed by atoms with Crippen molar-refractivity contribution in [1.29, 1.82) is 0 Å². The molecule has 0 radical (unpaired) electrons. The van der Waals surface area contributed by atoms with Crippen molar-refractivity contribution in [2.24, 2.45) is 0 Å². The first-order valence-corrected chi connectivity index (χ1v) is 6.58. The number of aromatic nitrogens is 1. The molecule has 2 aromatic rings. The third-order valence-electron chi connectivity index (χ3n) is 3.22. The lowest BCUT2D eigenvalue weighted by Crippen LogP contribution is -2.26. The number of carbonyl (C=O) groups excluding carboxylic acids is 1. The van der Waals surface area contributed by atoms with Crippen molar-refractivity contribution in [3.05, 3.63) is 24.1 Å². The molecular formula is C14H16N2O3. The maximum atomic E-state index is 11.9. The molecule has 1 amide bonds. The summed E-state index contributed by atoms with van der Waals surface area (Å²) < 4.78 is 10.9. The quantitative estimate of drug-likeness (QED) is 0.921. The normalized spacial score (nSPS) is 18.9. The zero-order valence-corrected chi connectivity index (χ0v) is 10.8. The van der Waals surface area contributed by atoms with Crippen LogP contribution >= 0.6 is 0 Å². The number of oxazole rings is 1. The Morgan fingerprint density at radius 1 is 1.53 bits per heavy atom. The number of amides is 1. The number of hydrogen-bond donors (Lipinski definition) is 1. The van der Waals surface area contributed by atoms with Gasteiger partial charge >= 0.3 is 0 Å². The number of ether oxygens (including phenoxy) is 1. The number of anilines is 1. The van der Waals surface area contributed by atoms with E-state index in [9.17, 15) is 4.79 Å². The van der Waals surface area contributed by atoms with E-state index in [4.69, 9.17) is 9.15 Å². The van der Waals surface area contributed by atoms with Crippen LogP contribution in [0.15, 0.2) is 22.6 Å². The topological polar surface area (TPSA) is 64.4 Å². The van der Waals surface area contributed by atoms with Gasteiger partial charge in [0, 0.05) is 18.7 Å². The Kier molecular flexibility index (Phi) is 3.21. The number of rotatable bonds is 3. The molecule has 1 fully saturated rings. The van der Waals surface area contributed by atoms with Gasteiger partial charge in [-0.1, -0.05) is 6.92 Å². The Hall–Kier alpha value is -1.88. The minimum Gasteiger partial charge on any atom is -0.441 e. The molecule has 1 aliphatic heterocycles. The van der Waals surface area contributed by atoms with Gasteiger partial charge in [0.25, 0.3) is 5.91 Å². The number of hydrogen-bond acceptors (Lipinski definition) is 4. The average molecular weight is 260 g/mol. The van der Waals surface area contributed by atoms with E-state index in [1.54, 1.807) is 0 Å². The first-order chi connectivity index (χ1) is 9.26. The summed E-state index contributed by atoms with van der Waals surface area (Å²) in [6.45, 7) is 2.66. The van der Waals surface area contributed by atoms with E-state index in [-0.39, 0.29) is 12.0 Å². The highest BCUT2D eigenvalue weighted by Crippen LogP contribution is 2.21. The summed E-state index contributed by atoms with van der Waals surface area (Å²) in [5.41, 5.74) is 2.23. The zero-order valence-electron chi connectivity index (χ0n) is 10.8. The molecule has 5 nitrogen and oxygen atoms in total. The number of carbonyl (C=O) groups is 1. The van der Waals surface area contributed by atoms with Crippen LogP contribution in [-0.4, -0.2) is 23.6 Å². The molecule has 1 aromatic heterocycles. The molecule has 0 spiro atoms. The minimum absolute atomic E-state index is 0.0870. The van der Waals surface area contributed by atoms with Gasteiger partial charge in [0.2, 0.25) is 0 Å². The maximum absolute atomic E-state index is 11.9. The van der Waals surface area contributed by atoms with E-state index in [0.717, 1.165) is 36.0 Å². The fraction of sp³-hybridized carbons (Fsp3) is 0.429. The third-order valence-corrected chi connectivity index (χ3v) is 3.22. The number of nitrogens with zero attached hydrogens (tertiary/aromatic N) is 1. The van der Waals surface area contributed by atoms with E-state index in [0.29, 0.717) is 12.5 Å². The highest BCUT2D eigenvalue weighted by atomic mass is 16.5. The first kappa shape index (κ1) is 12.2. The predicted octanol–water partition coefficient (Wildman–Crippen LogP) is 2.51. The van der Waals surface area contributed by atoms with Crippen LogP contribution < -0.4 is 5.32 Å². The van der Waals surface area contributed by atoms with E-state index < -0.39 is 0 Å². The van der Waals surface area contributed by atoms with Crippen LogP contribution in [0.3, 0.4) is 0 Å². The number of fused-ring (bicyclic) bond motifs is 1. The molecule has 0 unspecified atom stereocenters. The minimum atomic E-state index is -0.320. The largest absolute Gasteiger partial charge is 0.441 e. The van der Waals surface area contributed by atoms with Crippen molar-refractivity contribution in [3.8, 4) is 0 Å². The van der Waals surface area contributed by atoms with Crippen LogP contribution in [0.5, 0.6) is 0 Å². The van der Waals surface area contributed by atoms with Crippen molar-refractivity contribution < 1.29 is 13.9 Å². The van der Waals surface area contributed by atoms with Crippen LogP contribution in [0, 0.1) is 0 Å². The van der Waals surface area contributed by atoms with Crippen molar-refractivity contribution in [1.82, 2.24) is 4.98 Å². The number of benzene rings is 1. The average Bonchev–Trinajstić information content (AvgIpc) is 3.07. The van der Waals surface area contributed by atoms with Crippen molar-refractivity contribution in [2.45, 2.75) is 32.3 Å². The van der Waals surface area contributed by atoms with E-state index in [1.165, 1.54) is 0 Å². The van der Waals surface area contributed by atoms with Gasteiger partial charge in [-0.15, -0.1) is 0 Å². The Balaban J connectivity index is 1.78. The van der Waals surface area contributed by atoms with Crippen LogP contribution in [-0.2, 0) is 16.0 Å². The van der Waals surface area contributed by atoms with Crippen LogP contribution in [0.2, 0.25) is 0 Å². The Morgan fingerprint density at radius 2 is 2.42 bits per heavy atom. The molecule has 1 aliphatic rings. The SMILES string of the molecule is CCc1nc2cc(NC(=O)[C@@H]3CCCO3)ccc2o1. The van der Waals surface area contributed by atoms with Gasteiger partial charge < -0.3 is 14.5 Å². The number of aryl methyl sites for hydroxylation is 1. The molecule has 19 heavy (non-hydrogen) atoms. The smallest absolute Gasteiger partial charge is 0.253 e. The third kappa shape index (κ3) is 2.46. The molecule has 1 saturated heterocycles. The molecule has 0 saturated carbocycles. The Labute approximate surface area is 111 Å². The molecule has 0 bridgehead atoms. The predicted molar refractivity (Wildman–Crippen MR) is 71.0 cm³/mol.